The van der Waals surface area contributed by atoms with Crippen LogP contribution in [0.1, 0.15) is 38.2 Å². The fourth-order valence-electron chi connectivity index (χ4n) is 3.97. The Morgan fingerprint density at radius 2 is 2.10 bits per heavy atom. The van der Waals surface area contributed by atoms with E-state index in [9.17, 15) is 4.79 Å². The molecule has 0 unspecified atom stereocenters. The average Bonchev–Trinajstić information content (AvgIpc) is 2.86. The number of amides is 1. The number of benzene rings is 1. The minimum atomic E-state index is 0.184. The lowest BCUT2D eigenvalue weighted by atomic mass is 9.97. The smallest absolute Gasteiger partial charge is 0.224 e. The van der Waals surface area contributed by atoms with Gasteiger partial charge in [-0.2, -0.15) is 0 Å². The van der Waals surface area contributed by atoms with Gasteiger partial charge in [0.25, 0.3) is 0 Å². The van der Waals surface area contributed by atoms with Gasteiger partial charge in [0.05, 0.1) is 5.92 Å². The van der Waals surface area contributed by atoms with Crippen LogP contribution in [0.3, 0.4) is 0 Å². The van der Waals surface area contributed by atoms with E-state index in [-0.39, 0.29) is 11.8 Å². The highest BCUT2D eigenvalue weighted by Crippen LogP contribution is 2.35. The highest BCUT2D eigenvalue weighted by atomic mass is 16.1. The third-order valence-electron chi connectivity index (χ3n) is 5.20. The van der Waals surface area contributed by atoms with Gasteiger partial charge >= 0.3 is 0 Å². The van der Waals surface area contributed by atoms with Crippen molar-refractivity contribution in [1.29, 1.82) is 0 Å². The summed E-state index contributed by atoms with van der Waals surface area (Å²) in [5.74, 6) is 0.441. The van der Waals surface area contributed by atoms with Gasteiger partial charge in [-0.25, -0.2) is 0 Å². The van der Waals surface area contributed by atoms with E-state index in [2.05, 4.69) is 29.3 Å². The summed E-state index contributed by atoms with van der Waals surface area (Å²) >= 11 is 0. The molecule has 0 spiro atoms. The summed E-state index contributed by atoms with van der Waals surface area (Å²) in [6.07, 6.45) is 5.87. The lowest BCUT2D eigenvalue weighted by molar-refractivity contribution is -0.125. The summed E-state index contributed by atoms with van der Waals surface area (Å²) in [5.41, 5.74) is 1.29. The van der Waals surface area contributed by atoms with E-state index in [1.807, 2.05) is 18.2 Å². The van der Waals surface area contributed by atoms with Gasteiger partial charge in [-0.15, -0.1) is 0 Å². The summed E-state index contributed by atoms with van der Waals surface area (Å²) in [5, 5.41) is 3.15. The number of rotatable bonds is 4. The average molecular weight is 286 g/mol. The predicted molar refractivity (Wildman–Crippen MR) is 85.1 cm³/mol. The normalized spacial score (nSPS) is 29.1. The first-order valence-electron chi connectivity index (χ1n) is 8.33. The topological polar surface area (TPSA) is 32.3 Å². The van der Waals surface area contributed by atoms with Crippen LogP contribution in [-0.4, -0.2) is 36.0 Å². The van der Waals surface area contributed by atoms with E-state index in [0.29, 0.717) is 12.1 Å². The minimum Gasteiger partial charge on any atom is -0.355 e. The molecule has 0 bridgehead atoms. The second-order valence-corrected chi connectivity index (χ2v) is 6.50. The van der Waals surface area contributed by atoms with E-state index in [4.69, 9.17) is 0 Å². The number of hydrogen-bond donors (Lipinski definition) is 1. The Balaban J connectivity index is 1.49. The molecule has 1 N–H and O–H groups in total. The molecular formula is C18H26N2O. The predicted octanol–water partition coefficient (Wildman–Crippen LogP) is 2.61. The maximum atomic E-state index is 12.5. The Bertz CT molecular complexity index is 473. The van der Waals surface area contributed by atoms with Crippen LogP contribution in [0.2, 0.25) is 0 Å². The molecule has 0 saturated carbocycles. The number of nitrogens with one attached hydrogen (secondary N) is 1. The van der Waals surface area contributed by atoms with Crippen molar-refractivity contribution in [3.63, 3.8) is 0 Å². The van der Waals surface area contributed by atoms with Crippen molar-refractivity contribution < 1.29 is 4.79 Å². The molecule has 3 rings (SSSR count). The summed E-state index contributed by atoms with van der Waals surface area (Å²) < 4.78 is 0. The number of fused-ring (bicyclic) bond motifs is 1. The van der Waals surface area contributed by atoms with Crippen LogP contribution >= 0.6 is 0 Å². The van der Waals surface area contributed by atoms with Crippen molar-refractivity contribution in [3.05, 3.63) is 35.9 Å². The first-order valence-corrected chi connectivity index (χ1v) is 8.33. The SMILES string of the molecule is C[C@H]1[C@@H](C(=O)NCCc2ccccc2)C[C@H]2CCCCN21. The maximum Gasteiger partial charge on any atom is 0.224 e. The van der Waals surface area contributed by atoms with Crippen LogP contribution in [0.5, 0.6) is 0 Å². The molecule has 2 saturated heterocycles. The molecule has 2 heterocycles. The number of hydrogen-bond acceptors (Lipinski definition) is 2. The zero-order chi connectivity index (χ0) is 14.7. The van der Waals surface area contributed by atoms with Gasteiger partial charge in [0.2, 0.25) is 5.91 Å². The molecule has 3 atom stereocenters. The monoisotopic (exact) mass is 286 g/mol. The molecule has 1 aromatic carbocycles. The molecule has 0 aliphatic carbocycles. The lowest BCUT2D eigenvalue weighted by Crippen LogP contribution is -2.42. The van der Waals surface area contributed by atoms with E-state index in [1.54, 1.807) is 0 Å². The Morgan fingerprint density at radius 1 is 1.29 bits per heavy atom. The van der Waals surface area contributed by atoms with E-state index < -0.39 is 0 Å². The largest absolute Gasteiger partial charge is 0.355 e. The second-order valence-electron chi connectivity index (χ2n) is 6.50. The zero-order valence-corrected chi connectivity index (χ0v) is 12.9. The van der Waals surface area contributed by atoms with Crippen LogP contribution in [-0.2, 0) is 11.2 Å². The summed E-state index contributed by atoms with van der Waals surface area (Å²) in [6.45, 7) is 4.16. The Labute approximate surface area is 127 Å². The molecule has 2 fully saturated rings. The highest BCUT2D eigenvalue weighted by molar-refractivity contribution is 5.79. The minimum absolute atomic E-state index is 0.184. The van der Waals surface area contributed by atoms with Gasteiger partial charge in [0.1, 0.15) is 0 Å². The molecule has 2 aliphatic heterocycles. The Morgan fingerprint density at radius 3 is 2.86 bits per heavy atom. The van der Waals surface area contributed by atoms with Crippen LogP contribution < -0.4 is 5.32 Å². The highest BCUT2D eigenvalue weighted by Gasteiger charge is 2.42. The van der Waals surface area contributed by atoms with Gasteiger partial charge in [-0.1, -0.05) is 36.8 Å². The summed E-state index contributed by atoms with van der Waals surface area (Å²) in [4.78, 5) is 15.0. The van der Waals surface area contributed by atoms with Crippen LogP contribution in [0.4, 0.5) is 0 Å². The van der Waals surface area contributed by atoms with Crippen molar-refractivity contribution >= 4 is 5.91 Å². The number of carbonyl (C=O) groups is 1. The van der Waals surface area contributed by atoms with Crippen LogP contribution in [0.25, 0.3) is 0 Å². The molecule has 3 heteroatoms. The van der Waals surface area contributed by atoms with Crippen molar-refractivity contribution in [3.8, 4) is 0 Å². The van der Waals surface area contributed by atoms with Crippen LogP contribution in [0.15, 0.2) is 30.3 Å². The zero-order valence-electron chi connectivity index (χ0n) is 12.9. The third-order valence-corrected chi connectivity index (χ3v) is 5.20. The van der Waals surface area contributed by atoms with Crippen LogP contribution in [0, 0.1) is 5.92 Å². The second kappa shape index (κ2) is 6.61. The Hall–Kier alpha value is -1.35. The van der Waals surface area contributed by atoms with E-state index in [1.165, 1.54) is 31.4 Å². The molecule has 1 aromatic rings. The Kier molecular flexibility index (Phi) is 4.59. The molecule has 3 nitrogen and oxygen atoms in total. The summed E-state index contributed by atoms with van der Waals surface area (Å²) in [6, 6.07) is 11.4. The lowest BCUT2D eigenvalue weighted by Gasteiger charge is -2.32. The van der Waals surface area contributed by atoms with Crippen molar-refractivity contribution in [2.45, 2.75) is 51.1 Å². The van der Waals surface area contributed by atoms with E-state index >= 15 is 0 Å². The maximum absolute atomic E-state index is 12.5. The number of nitrogens with zero attached hydrogens (tertiary/aromatic N) is 1. The number of piperidine rings is 1. The molecule has 1 amide bonds. The quantitative estimate of drug-likeness (QED) is 0.923. The summed E-state index contributed by atoms with van der Waals surface area (Å²) in [7, 11) is 0. The molecule has 114 valence electrons. The van der Waals surface area contributed by atoms with E-state index in [0.717, 1.165) is 19.4 Å². The molecular weight excluding hydrogens is 260 g/mol. The van der Waals surface area contributed by atoms with Gasteiger partial charge in [-0.3, -0.25) is 9.69 Å². The van der Waals surface area contributed by atoms with Crippen molar-refractivity contribution in [2.24, 2.45) is 5.92 Å². The van der Waals surface area contributed by atoms with Gasteiger partial charge in [-0.05, 0) is 44.7 Å². The first kappa shape index (κ1) is 14.6. The van der Waals surface area contributed by atoms with Gasteiger partial charge < -0.3 is 5.32 Å². The first-order chi connectivity index (χ1) is 10.3. The van der Waals surface area contributed by atoms with Gasteiger partial charge in [0.15, 0.2) is 0 Å². The fraction of sp³-hybridized carbons (Fsp3) is 0.611. The standard InChI is InChI=1S/C18H26N2O/c1-14-17(13-16-9-5-6-12-20(14)16)18(21)19-11-10-15-7-3-2-4-8-15/h2-4,7-8,14,16-17H,5-6,9-13H2,1H3,(H,19,21)/t14-,16+,17-/m0/s1. The fourth-order valence-corrected chi connectivity index (χ4v) is 3.97. The molecule has 0 aromatic heterocycles. The molecule has 2 aliphatic rings. The van der Waals surface area contributed by atoms with Crippen molar-refractivity contribution in [2.75, 3.05) is 13.1 Å². The number of carbonyl (C=O) groups excluding carboxylic acids is 1. The van der Waals surface area contributed by atoms with Crippen molar-refractivity contribution in [1.82, 2.24) is 10.2 Å². The molecule has 0 radical (unpaired) electrons. The third kappa shape index (κ3) is 3.29. The van der Waals surface area contributed by atoms with Gasteiger partial charge in [0, 0.05) is 18.6 Å². The molecule has 21 heavy (non-hydrogen) atoms.